The molecule has 0 unspecified atom stereocenters. The molecule has 0 aliphatic carbocycles. The lowest BCUT2D eigenvalue weighted by Crippen LogP contribution is -2.48. The number of likely N-dealkylation sites (tertiary alicyclic amines) is 1. The standard InChI is InChI=1S/C26H34N6O/c1-3-8-24-30-25(33-31-24)22-12-7-11-21(17-22)18-28-26(27-2)29-23-13-15-32(16-14-23)19-20-9-5-4-6-10-20/h4-7,9-12,17,23H,3,8,13-16,18-19H2,1-2H3,(H2,27,28,29). The van der Waals surface area contributed by atoms with Gasteiger partial charge in [-0.3, -0.25) is 9.89 Å². The van der Waals surface area contributed by atoms with E-state index in [2.05, 4.69) is 80.1 Å². The molecule has 1 aliphatic rings. The molecule has 1 saturated heterocycles. The van der Waals surface area contributed by atoms with Gasteiger partial charge in [-0.1, -0.05) is 54.5 Å². The van der Waals surface area contributed by atoms with Crippen LogP contribution in [-0.4, -0.2) is 47.2 Å². The molecule has 0 amide bonds. The SMILES string of the molecule is CCCc1noc(-c2cccc(CNC(=NC)NC3CCN(Cc4ccccc4)CC3)c2)n1. The van der Waals surface area contributed by atoms with Crippen molar-refractivity contribution in [2.45, 2.75) is 51.7 Å². The lowest BCUT2D eigenvalue weighted by molar-refractivity contribution is 0.198. The Hall–Kier alpha value is -3.19. The summed E-state index contributed by atoms with van der Waals surface area (Å²) in [5, 5.41) is 11.1. The number of aryl methyl sites for hydroxylation is 1. The largest absolute Gasteiger partial charge is 0.354 e. The molecule has 2 aromatic carbocycles. The predicted octanol–water partition coefficient (Wildman–Crippen LogP) is 4.02. The van der Waals surface area contributed by atoms with E-state index in [1.54, 1.807) is 0 Å². The van der Waals surface area contributed by atoms with E-state index in [9.17, 15) is 0 Å². The van der Waals surface area contributed by atoms with Crippen LogP contribution in [0.5, 0.6) is 0 Å². The molecule has 0 spiro atoms. The predicted molar refractivity (Wildman–Crippen MR) is 132 cm³/mol. The third kappa shape index (κ3) is 6.65. The van der Waals surface area contributed by atoms with Gasteiger partial charge in [0, 0.05) is 51.3 Å². The van der Waals surface area contributed by atoms with Gasteiger partial charge in [-0.15, -0.1) is 0 Å². The van der Waals surface area contributed by atoms with Gasteiger partial charge < -0.3 is 15.2 Å². The Morgan fingerprint density at radius 1 is 1.09 bits per heavy atom. The summed E-state index contributed by atoms with van der Waals surface area (Å²) in [5.74, 6) is 2.17. The molecule has 2 N–H and O–H groups in total. The maximum atomic E-state index is 5.43. The summed E-state index contributed by atoms with van der Waals surface area (Å²) in [7, 11) is 1.82. The van der Waals surface area contributed by atoms with Crippen LogP contribution in [0.4, 0.5) is 0 Å². The lowest BCUT2D eigenvalue weighted by atomic mass is 10.0. The summed E-state index contributed by atoms with van der Waals surface area (Å²) in [5.41, 5.74) is 3.46. The van der Waals surface area contributed by atoms with Crippen LogP contribution >= 0.6 is 0 Å². The normalized spacial score (nSPS) is 15.5. The van der Waals surface area contributed by atoms with E-state index >= 15 is 0 Å². The summed E-state index contributed by atoms with van der Waals surface area (Å²) in [6.07, 6.45) is 4.06. The minimum atomic E-state index is 0.435. The number of nitrogens with zero attached hydrogens (tertiary/aromatic N) is 4. The molecule has 0 atom stereocenters. The fourth-order valence-corrected chi connectivity index (χ4v) is 4.16. The van der Waals surface area contributed by atoms with Crippen molar-refractivity contribution in [2.24, 2.45) is 4.99 Å². The van der Waals surface area contributed by atoms with Gasteiger partial charge >= 0.3 is 0 Å². The number of nitrogens with one attached hydrogen (secondary N) is 2. The van der Waals surface area contributed by atoms with Gasteiger partial charge in [0.1, 0.15) is 0 Å². The lowest BCUT2D eigenvalue weighted by Gasteiger charge is -2.33. The molecule has 1 aromatic heterocycles. The number of aliphatic imine (C=N–C) groups is 1. The maximum Gasteiger partial charge on any atom is 0.257 e. The zero-order valence-corrected chi connectivity index (χ0v) is 19.6. The van der Waals surface area contributed by atoms with E-state index in [0.717, 1.165) is 68.2 Å². The van der Waals surface area contributed by atoms with Gasteiger partial charge in [0.25, 0.3) is 5.89 Å². The van der Waals surface area contributed by atoms with Gasteiger partial charge in [0.15, 0.2) is 11.8 Å². The molecule has 33 heavy (non-hydrogen) atoms. The number of hydrogen-bond acceptors (Lipinski definition) is 5. The second-order valence-corrected chi connectivity index (χ2v) is 8.57. The first kappa shape index (κ1) is 23.0. The van der Waals surface area contributed by atoms with E-state index in [0.29, 0.717) is 18.5 Å². The number of guanidine groups is 1. The van der Waals surface area contributed by atoms with Crippen molar-refractivity contribution in [3.63, 3.8) is 0 Å². The van der Waals surface area contributed by atoms with Crippen molar-refractivity contribution < 1.29 is 4.52 Å². The molecule has 0 bridgehead atoms. The van der Waals surface area contributed by atoms with E-state index in [1.807, 2.05) is 19.2 Å². The smallest absolute Gasteiger partial charge is 0.257 e. The molecule has 1 aliphatic heterocycles. The van der Waals surface area contributed by atoms with Gasteiger partial charge in [0.2, 0.25) is 0 Å². The molecule has 1 fully saturated rings. The Kier molecular flexibility index (Phi) is 8.09. The topological polar surface area (TPSA) is 78.6 Å². The van der Waals surface area contributed by atoms with E-state index < -0.39 is 0 Å². The highest BCUT2D eigenvalue weighted by Gasteiger charge is 2.20. The van der Waals surface area contributed by atoms with Crippen LogP contribution in [0.3, 0.4) is 0 Å². The summed E-state index contributed by atoms with van der Waals surface area (Å²) < 4.78 is 5.43. The molecule has 7 nitrogen and oxygen atoms in total. The maximum absolute atomic E-state index is 5.43. The molecule has 174 valence electrons. The number of aromatic nitrogens is 2. The third-order valence-corrected chi connectivity index (χ3v) is 5.98. The van der Waals surface area contributed by atoms with Gasteiger partial charge in [-0.2, -0.15) is 4.98 Å². The van der Waals surface area contributed by atoms with Crippen LogP contribution in [-0.2, 0) is 19.5 Å². The van der Waals surface area contributed by atoms with Crippen LogP contribution in [0.1, 0.15) is 43.1 Å². The molecule has 7 heteroatoms. The Morgan fingerprint density at radius 3 is 2.64 bits per heavy atom. The Balaban J connectivity index is 1.25. The number of benzene rings is 2. The number of hydrogen-bond donors (Lipinski definition) is 2. The second kappa shape index (κ2) is 11.6. The minimum Gasteiger partial charge on any atom is -0.354 e. The Bertz CT molecular complexity index is 1020. The molecule has 0 radical (unpaired) electrons. The van der Waals surface area contributed by atoms with Crippen molar-refractivity contribution in [3.8, 4) is 11.5 Å². The molecule has 0 saturated carbocycles. The van der Waals surface area contributed by atoms with Gasteiger partial charge in [-0.25, -0.2) is 0 Å². The van der Waals surface area contributed by atoms with Crippen LogP contribution < -0.4 is 10.6 Å². The molecular weight excluding hydrogens is 412 g/mol. The van der Waals surface area contributed by atoms with Crippen LogP contribution in [0.15, 0.2) is 64.1 Å². The van der Waals surface area contributed by atoms with Crippen LogP contribution in [0, 0.1) is 0 Å². The van der Waals surface area contributed by atoms with Crippen molar-refractivity contribution in [2.75, 3.05) is 20.1 Å². The van der Waals surface area contributed by atoms with Crippen LogP contribution in [0.2, 0.25) is 0 Å². The Labute approximate surface area is 196 Å². The summed E-state index contributed by atoms with van der Waals surface area (Å²) in [6.45, 7) is 6.00. The zero-order valence-electron chi connectivity index (χ0n) is 19.6. The summed E-state index contributed by atoms with van der Waals surface area (Å²) >= 11 is 0. The third-order valence-electron chi connectivity index (χ3n) is 5.98. The first-order valence-electron chi connectivity index (χ1n) is 11.9. The van der Waals surface area contributed by atoms with E-state index in [4.69, 9.17) is 4.52 Å². The molecule has 3 aromatic rings. The molecule has 2 heterocycles. The summed E-state index contributed by atoms with van der Waals surface area (Å²) in [4.78, 5) is 11.4. The minimum absolute atomic E-state index is 0.435. The van der Waals surface area contributed by atoms with Gasteiger partial charge in [-0.05, 0) is 42.5 Å². The number of piperidine rings is 1. The van der Waals surface area contributed by atoms with Crippen molar-refractivity contribution in [1.29, 1.82) is 0 Å². The fourth-order valence-electron chi connectivity index (χ4n) is 4.16. The zero-order chi connectivity index (χ0) is 22.9. The fraction of sp³-hybridized carbons (Fsp3) is 0.423. The summed E-state index contributed by atoms with van der Waals surface area (Å²) in [6, 6.07) is 19.3. The highest BCUT2D eigenvalue weighted by Crippen LogP contribution is 2.19. The van der Waals surface area contributed by atoms with Crippen LogP contribution in [0.25, 0.3) is 11.5 Å². The Morgan fingerprint density at radius 2 is 1.88 bits per heavy atom. The van der Waals surface area contributed by atoms with Crippen molar-refractivity contribution in [1.82, 2.24) is 25.7 Å². The first-order chi connectivity index (χ1) is 16.2. The average molecular weight is 447 g/mol. The second-order valence-electron chi connectivity index (χ2n) is 8.57. The molecule has 4 rings (SSSR count). The van der Waals surface area contributed by atoms with E-state index in [-0.39, 0.29) is 0 Å². The highest BCUT2D eigenvalue weighted by molar-refractivity contribution is 5.80. The molecular formula is C26H34N6O. The highest BCUT2D eigenvalue weighted by atomic mass is 16.5. The van der Waals surface area contributed by atoms with Crippen molar-refractivity contribution >= 4 is 5.96 Å². The van der Waals surface area contributed by atoms with Crippen molar-refractivity contribution in [3.05, 3.63) is 71.5 Å². The quantitative estimate of drug-likeness (QED) is 0.402. The average Bonchev–Trinajstić information content (AvgIpc) is 3.33. The monoisotopic (exact) mass is 446 g/mol. The van der Waals surface area contributed by atoms with E-state index in [1.165, 1.54) is 5.56 Å². The van der Waals surface area contributed by atoms with Gasteiger partial charge in [0.05, 0.1) is 0 Å². The number of rotatable bonds is 8. The first-order valence-corrected chi connectivity index (χ1v) is 11.9.